The van der Waals surface area contributed by atoms with Crippen molar-refractivity contribution in [3.05, 3.63) is 35.4 Å². The molecule has 0 N–H and O–H groups in total. The molecule has 1 aromatic carbocycles. The predicted molar refractivity (Wildman–Crippen MR) is 129 cm³/mol. The van der Waals surface area contributed by atoms with Gasteiger partial charge in [0.1, 0.15) is 11.9 Å². The molecule has 1 aliphatic carbocycles. The van der Waals surface area contributed by atoms with Gasteiger partial charge in [-0.3, -0.25) is 4.79 Å². The van der Waals surface area contributed by atoms with Crippen LogP contribution in [0.1, 0.15) is 56.1 Å². The van der Waals surface area contributed by atoms with E-state index >= 15 is 0 Å². The Morgan fingerprint density at radius 2 is 2.26 bits per heavy atom. The zero-order chi connectivity index (χ0) is 21.4. The number of hydrogen-bond acceptors (Lipinski definition) is 6. The first-order chi connectivity index (χ1) is 15.1. The molecule has 168 valence electrons. The minimum atomic E-state index is -0.108. The van der Waals surface area contributed by atoms with Crippen LogP contribution in [-0.4, -0.2) is 48.5 Å². The van der Waals surface area contributed by atoms with E-state index in [4.69, 9.17) is 9.47 Å². The number of hydrogen-bond donors (Lipinski definition) is 0. The van der Waals surface area contributed by atoms with E-state index in [2.05, 4.69) is 30.2 Å². The van der Waals surface area contributed by atoms with Crippen LogP contribution >= 0.6 is 21.6 Å². The maximum atomic E-state index is 12.7. The van der Waals surface area contributed by atoms with Crippen molar-refractivity contribution in [2.24, 2.45) is 5.92 Å². The summed E-state index contributed by atoms with van der Waals surface area (Å²) in [6.45, 7) is 1.90. The molecule has 3 aliphatic heterocycles. The van der Waals surface area contributed by atoms with Crippen LogP contribution in [0.15, 0.2) is 24.3 Å². The highest BCUT2D eigenvalue weighted by Gasteiger charge is 2.54. The van der Waals surface area contributed by atoms with Gasteiger partial charge < -0.3 is 14.4 Å². The zero-order valence-electron chi connectivity index (χ0n) is 18.6. The predicted octanol–water partition coefficient (Wildman–Crippen LogP) is 5.39. The number of carbonyl (C=O) groups is 1. The topological polar surface area (TPSA) is 38.8 Å². The summed E-state index contributed by atoms with van der Waals surface area (Å²) in [6, 6.07) is 4.22. The van der Waals surface area contributed by atoms with Crippen molar-refractivity contribution in [2.45, 2.75) is 68.3 Å². The Kier molecular flexibility index (Phi) is 6.33. The molecule has 1 unspecified atom stereocenters. The number of Topliss-reactive ketones (excluding diaryl/α,β-unsaturated/α-hetero) is 1. The van der Waals surface area contributed by atoms with Gasteiger partial charge in [-0.05, 0) is 50.3 Å². The molecule has 1 saturated heterocycles. The second-order valence-corrected chi connectivity index (χ2v) is 12.4. The molecule has 4 nitrogen and oxygen atoms in total. The number of ether oxygens (including phenoxy) is 2. The van der Waals surface area contributed by atoms with Crippen LogP contribution < -0.4 is 9.47 Å². The van der Waals surface area contributed by atoms with Crippen molar-refractivity contribution in [1.82, 2.24) is 4.90 Å². The van der Waals surface area contributed by atoms with E-state index < -0.39 is 0 Å². The van der Waals surface area contributed by atoms with Gasteiger partial charge in [0.15, 0.2) is 11.5 Å². The molecule has 4 atom stereocenters. The molecule has 1 aromatic rings. The lowest BCUT2D eigenvalue weighted by molar-refractivity contribution is -0.120. The summed E-state index contributed by atoms with van der Waals surface area (Å²) >= 11 is 0. The second kappa shape index (κ2) is 9.03. The summed E-state index contributed by atoms with van der Waals surface area (Å²) in [5.74, 6) is 3.74. The van der Waals surface area contributed by atoms with Crippen LogP contribution in [0.2, 0.25) is 0 Å². The van der Waals surface area contributed by atoms with Gasteiger partial charge in [-0.15, -0.1) is 0 Å². The monoisotopic (exact) mass is 459 g/mol. The Morgan fingerprint density at radius 3 is 3.06 bits per heavy atom. The number of nitrogens with zero attached hydrogens (tertiary/aromatic N) is 1. The molecule has 4 aliphatic rings. The molecule has 0 saturated carbocycles. The molecular weight excluding hydrogens is 426 g/mol. The Hall–Kier alpha value is -1.11. The first-order valence-corrected chi connectivity index (χ1v) is 14.0. The van der Waals surface area contributed by atoms with Crippen LogP contribution in [0.5, 0.6) is 11.5 Å². The number of ketones is 1. The fourth-order valence-electron chi connectivity index (χ4n) is 5.87. The molecule has 0 amide bonds. The largest absolute Gasteiger partial charge is 0.493 e. The van der Waals surface area contributed by atoms with E-state index in [9.17, 15) is 4.79 Å². The quantitative estimate of drug-likeness (QED) is 0.295. The number of methoxy groups -OCH3 is 1. The lowest BCUT2D eigenvalue weighted by Crippen LogP contribution is -2.50. The molecule has 1 spiro atoms. The van der Waals surface area contributed by atoms with Crippen molar-refractivity contribution < 1.29 is 14.3 Å². The number of likely N-dealkylation sites (N-methyl/N-ethyl adjacent to an activating group) is 1. The van der Waals surface area contributed by atoms with Gasteiger partial charge in [0.2, 0.25) is 0 Å². The lowest BCUT2D eigenvalue weighted by Gasteiger charge is -2.43. The fraction of sp³-hybridized carbons (Fsp3) is 0.640. The van der Waals surface area contributed by atoms with Crippen LogP contribution in [-0.2, 0) is 16.8 Å². The van der Waals surface area contributed by atoms with Crippen LogP contribution in [0.4, 0.5) is 0 Å². The smallest absolute Gasteiger partial charge is 0.166 e. The van der Waals surface area contributed by atoms with Gasteiger partial charge in [0.25, 0.3) is 0 Å². The summed E-state index contributed by atoms with van der Waals surface area (Å²) in [6.07, 6.45) is 11.9. The summed E-state index contributed by atoms with van der Waals surface area (Å²) in [4.78, 5) is 15.1. The normalized spacial score (nSPS) is 31.2. The van der Waals surface area contributed by atoms with E-state index in [-0.39, 0.29) is 17.4 Å². The Balaban J connectivity index is 1.22. The average molecular weight is 460 g/mol. The molecule has 0 radical (unpaired) electrons. The first kappa shape index (κ1) is 21.7. The number of benzene rings is 1. The fourth-order valence-corrected chi connectivity index (χ4v) is 8.90. The first-order valence-electron chi connectivity index (χ1n) is 11.6. The van der Waals surface area contributed by atoms with E-state index in [1.165, 1.54) is 36.1 Å². The van der Waals surface area contributed by atoms with Gasteiger partial charge in [0, 0.05) is 42.5 Å². The zero-order valence-corrected chi connectivity index (χ0v) is 20.2. The van der Waals surface area contributed by atoms with Crippen LogP contribution in [0.25, 0.3) is 0 Å². The highest BCUT2D eigenvalue weighted by atomic mass is 33.1. The van der Waals surface area contributed by atoms with Crippen molar-refractivity contribution in [1.29, 1.82) is 0 Å². The highest BCUT2D eigenvalue weighted by molar-refractivity contribution is 8.77. The van der Waals surface area contributed by atoms with E-state index in [1.807, 2.05) is 27.7 Å². The summed E-state index contributed by atoms with van der Waals surface area (Å²) < 4.78 is 12.2. The maximum Gasteiger partial charge on any atom is 0.166 e. The molecule has 1 fully saturated rings. The Morgan fingerprint density at radius 1 is 1.35 bits per heavy atom. The lowest BCUT2D eigenvalue weighted by atomic mass is 9.66. The summed E-state index contributed by atoms with van der Waals surface area (Å²) in [5, 5.41) is 0.814. The third-order valence-electron chi connectivity index (χ3n) is 7.33. The molecule has 0 aromatic heterocycles. The molecule has 6 heteroatoms. The van der Waals surface area contributed by atoms with E-state index in [0.717, 1.165) is 49.1 Å². The third kappa shape index (κ3) is 4.16. The molecule has 0 bridgehead atoms. The third-order valence-corrected chi connectivity index (χ3v) is 10.3. The highest BCUT2D eigenvalue weighted by Crippen LogP contribution is 2.55. The minimum absolute atomic E-state index is 0.0833. The van der Waals surface area contributed by atoms with Crippen molar-refractivity contribution >= 4 is 27.4 Å². The number of allylic oxidation sites excluding steroid dienone is 1. The Labute approximate surface area is 193 Å². The van der Waals surface area contributed by atoms with Gasteiger partial charge in [-0.2, -0.15) is 0 Å². The van der Waals surface area contributed by atoms with Crippen molar-refractivity contribution in [3.8, 4) is 11.5 Å². The van der Waals surface area contributed by atoms with Gasteiger partial charge in [-0.25, -0.2) is 0 Å². The Bertz CT molecular complexity index is 867. The number of unbranched alkanes of at least 4 members (excludes halogenated alkanes) is 1. The number of carbonyl (C=O) groups excluding carboxylic acids is 1. The summed E-state index contributed by atoms with van der Waals surface area (Å²) in [7, 11) is 7.94. The molecule has 5 rings (SSSR count). The van der Waals surface area contributed by atoms with Crippen LogP contribution in [0.3, 0.4) is 0 Å². The van der Waals surface area contributed by atoms with Gasteiger partial charge in [0.05, 0.1) is 12.5 Å². The average Bonchev–Trinajstić information content (AvgIpc) is 3.38. The van der Waals surface area contributed by atoms with Crippen LogP contribution in [0, 0.1) is 5.92 Å². The van der Waals surface area contributed by atoms with Crippen molar-refractivity contribution in [2.75, 3.05) is 26.5 Å². The molecule has 31 heavy (non-hydrogen) atoms. The van der Waals surface area contributed by atoms with E-state index in [0.29, 0.717) is 12.2 Å². The SMILES string of the molecule is COc1ccc2c3c1O[C@H]1C[C@@H](CC(=O)CCCCC4CCSS4)C=C[C@@]31CN(C)C2. The van der Waals surface area contributed by atoms with Gasteiger partial charge in [-0.1, -0.05) is 46.2 Å². The molecule has 3 heterocycles. The maximum absolute atomic E-state index is 12.7. The summed E-state index contributed by atoms with van der Waals surface area (Å²) in [5.41, 5.74) is 2.55. The standard InChI is InChI=1S/C25H33NO3S2/c1-26-15-18-7-8-21(28-2)24-23(18)25(16-26)11-9-17(14-22(25)29-24)13-19(27)5-3-4-6-20-10-12-30-31-20/h7-9,11,17,20,22H,3-6,10,12-16H2,1-2H3/t17-,20?,22+,25+/m1/s1. The van der Waals surface area contributed by atoms with Crippen molar-refractivity contribution in [3.63, 3.8) is 0 Å². The molecular formula is C25H33NO3S2. The second-order valence-electron chi connectivity index (χ2n) is 9.62. The minimum Gasteiger partial charge on any atom is -0.493 e. The van der Waals surface area contributed by atoms with Gasteiger partial charge >= 0.3 is 0 Å². The number of rotatable bonds is 8. The van der Waals surface area contributed by atoms with E-state index in [1.54, 1.807) is 7.11 Å².